The molecular formula is C8H12BrFN2. The van der Waals surface area contributed by atoms with Crippen molar-refractivity contribution in [3.05, 3.63) is 16.4 Å². The quantitative estimate of drug-likeness (QED) is 0.675. The van der Waals surface area contributed by atoms with E-state index in [4.69, 9.17) is 0 Å². The van der Waals surface area contributed by atoms with E-state index >= 15 is 0 Å². The molecule has 1 aromatic rings. The van der Waals surface area contributed by atoms with E-state index in [9.17, 15) is 4.39 Å². The Morgan fingerprint density at radius 2 is 1.92 bits per heavy atom. The van der Waals surface area contributed by atoms with Gasteiger partial charge in [0.2, 0.25) is 0 Å². The van der Waals surface area contributed by atoms with E-state index in [0.717, 1.165) is 5.69 Å². The van der Waals surface area contributed by atoms with Gasteiger partial charge >= 0.3 is 0 Å². The molecule has 0 radical (unpaired) electrons. The van der Waals surface area contributed by atoms with Crippen LogP contribution >= 0.6 is 15.9 Å². The van der Waals surface area contributed by atoms with Crippen molar-refractivity contribution in [3.63, 3.8) is 0 Å². The maximum Gasteiger partial charge on any atom is 0.290 e. The number of rotatable bonds is 0. The van der Waals surface area contributed by atoms with Crippen LogP contribution in [0.2, 0.25) is 0 Å². The van der Waals surface area contributed by atoms with Crippen LogP contribution in [-0.2, 0) is 12.5 Å². The molecule has 0 N–H and O–H groups in total. The van der Waals surface area contributed by atoms with Gasteiger partial charge in [0, 0.05) is 12.5 Å². The molecule has 0 fully saturated rings. The summed E-state index contributed by atoms with van der Waals surface area (Å²) in [4.78, 5) is 3.69. The van der Waals surface area contributed by atoms with Gasteiger partial charge < -0.3 is 4.57 Å². The Balaban J connectivity index is 3.32. The van der Waals surface area contributed by atoms with Crippen molar-refractivity contribution in [2.45, 2.75) is 26.2 Å². The maximum atomic E-state index is 13.0. The van der Waals surface area contributed by atoms with Crippen molar-refractivity contribution in [1.82, 2.24) is 9.55 Å². The predicted molar refractivity (Wildman–Crippen MR) is 49.6 cm³/mol. The SMILES string of the molecule is Cn1c(F)nc(Br)c1C(C)(C)C. The zero-order valence-corrected chi connectivity index (χ0v) is 9.24. The van der Waals surface area contributed by atoms with Gasteiger partial charge in [-0.3, -0.25) is 0 Å². The van der Waals surface area contributed by atoms with Crippen LogP contribution in [-0.4, -0.2) is 9.55 Å². The van der Waals surface area contributed by atoms with Gasteiger partial charge in [-0.05, 0) is 15.9 Å². The van der Waals surface area contributed by atoms with Crippen molar-refractivity contribution in [1.29, 1.82) is 0 Å². The molecule has 0 spiro atoms. The summed E-state index contributed by atoms with van der Waals surface area (Å²) < 4.78 is 15.0. The summed E-state index contributed by atoms with van der Waals surface area (Å²) in [5.41, 5.74) is 0.783. The van der Waals surface area contributed by atoms with Crippen molar-refractivity contribution in [2.75, 3.05) is 0 Å². The summed E-state index contributed by atoms with van der Waals surface area (Å²) in [6, 6.07) is 0. The fourth-order valence-electron chi connectivity index (χ4n) is 1.25. The standard InChI is InChI=1S/C8H12BrFN2/c1-8(2,3)5-6(9)11-7(10)12(5)4/h1-4H3. The molecule has 0 saturated carbocycles. The maximum absolute atomic E-state index is 13.0. The number of aromatic nitrogens is 2. The molecule has 4 heteroatoms. The second-order valence-electron chi connectivity index (χ2n) is 3.83. The third-order valence-electron chi connectivity index (χ3n) is 1.71. The minimum Gasteiger partial charge on any atom is -0.306 e. The monoisotopic (exact) mass is 234 g/mol. The number of hydrogen-bond donors (Lipinski definition) is 0. The molecule has 0 unspecified atom stereocenters. The molecule has 0 bridgehead atoms. The second kappa shape index (κ2) is 2.83. The lowest BCUT2D eigenvalue weighted by Gasteiger charge is -2.19. The molecule has 1 rings (SSSR count). The highest BCUT2D eigenvalue weighted by atomic mass is 79.9. The third-order valence-corrected chi connectivity index (χ3v) is 2.26. The number of halogens is 2. The van der Waals surface area contributed by atoms with Crippen LogP contribution in [0.15, 0.2) is 4.60 Å². The van der Waals surface area contributed by atoms with E-state index in [2.05, 4.69) is 20.9 Å². The second-order valence-corrected chi connectivity index (χ2v) is 4.58. The average molecular weight is 235 g/mol. The van der Waals surface area contributed by atoms with E-state index in [1.54, 1.807) is 7.05 Å². The fraction of sp³-hybridized carbons (Fsp3) is 0.625. The summed E-state index contributed by atoms with van der Waals surface area (Å²) in [6.45, 7) is 6.07. The van der Waals surface area contributed by atoms with Crippen LogP contribution in [0.1, 0.15) is 26.5 Å². The first-order valence-electron chi connectivity index (χ1n) is 3.72. The van der Waals surface area contributed by atoms with Gasteiger partial charge in [0.05, 0.1) is 5.69 Å². The van der Waals surface area contributed by atoms with E-state index in [-0.39, 0.29) is 5.41 Å². The Bertz CT molecular complexity index is 299. The molecule has 68 valence electrons. The summed E-state index contributed by atoms with van der Waals surface area (Å²) in [7, 11) is 1.67. The molecule has 0 aliphatic heterocycles. The lowest BCUT2D eigenvalue weighted by Crippen LogP contribution is -2.17. The lowest BCUT2D eigenvalue weighted by atomic mass is 9.93. The average Bonchev–Trinajstić information content (AvgIpc) is 2.05. The van der Waals surface area contributed by atoms with Crippen molar-refractivity contribution in [2.24, 2.45) is 7.05 Å². The first-order valence-corrected chi connectivity index (χ1v) is 4.51. The van der Waals surface area contributed by atoms with Gasteiger partial charge in [0.25, 0.3) is 6.08 Å². The number of imidazole rings is 1. The highest BCUT2D eigenvalue weighted by Crippen LogP contribution is 2.28. The zero-order chi connectivity index (χ0) is 9.52. The van der Waals surface area contributed by atoms with Crippen LogP contribution in [0.4, 0.5) is 4.39 Å². The molecule has 1 aromatic heterocycles. The smallest absolute Gasteiger partial charge is 0.290 e. The van der Waals surface area contributed by atoms with Crippen LogP contribution in [0.5, 0.6) is 0 Å². The fourth-order valence-corrected chi connectivity index (χ4v) is 2.26. The minimum absolute atomic E-state index is 0.0923. The van der Waals surface area contributed by atoms with Crippen LogP contribution in [0.3, 0.4) is 0 Å². The molecule has 2 nitrogen and oxygen atoms in total. The van der Waals surface area contributed by atoms with Gasteiger partial charge in [-0.1, -0.05) is 20.8 Å². The van der Waals surface area contributed by atoms with Gasteiger partial charge in [0.15, 0.2) is 0 Å². The lowest BCUT2D eigenvalue weighted by molar-refractivity contribution is 0.464. The van der Waals surface area contributed by atoms with E-state index < -0.39 is 6.08 Å². The normalized spacial score (nSPS) is 12.2. The predicted octanol–water partition coefficient (Wildman–Crippen LogP) is 2.62. The van der Waals surface area contributed by atoms with Gasteiger partial charge in [-0.2, -0.15) is 9.37 Å². The number of nitrogens with zero attached hydrogens (tertiary/aromatic N) is 2. The Morgan fingerprint density at radius 1 is 1.42 bits per heavy atom. The van der Waals surface area contributed by atoms with E-state index in [0.29, 0.717) is 4.60 Å². The molecular weight excluding hydrogens is 223 g/mol. The Kier molecular flexibility index (Phi) is 2.29. The van der Waals surface area contributed by atoms with Crippen LogP contribution in [0.25, 0.3) is 0 Å². The van der Waals surface area contributed by atoms with Crippen molar-refractivity contribution < 1.29 is 4.39 Å². The van der Waals surface area contributed by atoms with Crippen molar-refractivity contribution >= 4 is 15.9 Å². The van der Waals surface area contributed by atoms with Gasteiger partial charge in [-0.25, -0.2) is 0 Å². The Labute approximate surface area is 79.9 Å². The molecule has 12 heavy (non-hydrogen) atoms. The minimum atomic E-state index is -0.452. The molecule has 0 aliphatic rings. The Hall–Kier alpha value is -0.380. The third kappa shape index (κ3) is 1.53. The summed E-state index contributed by atoms with van der Waals surface area (Å²) in [5, 5.41) is 0. The summed E-state index contributed by atoms with van der Waals surface area (Å²) in [6.07, 6.45) is -0.452. The van der Waals surface area contributed by atoms with E-state index in [1.807, 2.05) is 20.8 Å². The largest absolute Gasteiger partial charge is 0.306 e. The molecule has 0 saturated heterocycles. The van der Waals surface area contributed by atoms with Crippen molar-refractivity contribution in [3.8, 4) is 0 Å². The van der Waals surface area contributed by atoms with Gasteiger partial charge in [0.1, 0.15) is 4.60 Å². The topological polar surface area (TPSA) is 17.8 Å². The summed E-state index contributed by atoms with van der Waals surface area (Å²) >= 11 is 3.23. The molecule has 1 heterocycles. The number of hydrogen-bond acceptors (Lipinski definition) is 1. The summed E-state index contributed by atoms with van der Waals surface area (Å²) in [5.74, 6) is 0. The van der Waals surface area contributed by atoms with Crippen LogP contribution < -0.4 is 0 Å². The molecule has 0 aliphatic carbocycles. The van der Waals surface area contributed by atoms with Crippen LogP contribution in [0, 0.1) is 6.08 Å². The van der Waals surface area contributed by atoms with Gasteiger partial charge in [-0.15, -0.1) is 0 Å². The molecule has 0 atom stereocenters. The molecule has 0 amide bonds. The molecule has 0 aromatic carbocycles. The van der Waals surface area contributed by atoms with E-state index in [1.165, 1.54) is 4.57 Å². The first kappa shape index (κ1) is 9.71. The Morgan fingerprint density at radius 3 is 2.08 bits per heavy atom. The highest BCUT2D eigenvalue weighted by Gasteiger charge is 2.24. The highest BCUT2D eigenvalue weighted by molar-refractivity contribution is 9.10. The first-order chi connectivity index (χ1) is 5.34. The zero-order valence-electron chi connectivity index (χ0n) is 7.65.